The van der Waals surface area contributed by atoms with E-state index in [2.05, 4.69) is 9.97 Å². The molecule has 2 aromatic heterocycles. The molecule has 0 aliphatic rings. The van der Waals surface area contributed by atoms with Crippen molar-refractivity contribution in [2.24, 2.45) is 7.05 Å². The number of benzene rings is 1. The van der Waals surface area contributed by atoms with Crippen LogP contribution in [0.4, 0.5) is 5.69 Å². The van der Waals surface area contributed by atoms with Crippen molar-refractivity contribution >= 4 is 28.3 Å². The number of rotatable bonds is 2. The predicted octanol–water partition coefficient (Wildman–Crippen LogP) is 2.88. The normalized spacial score (nSPS) is 10.9. The van der Waals surface area contributed by atoms with Gasteiger partial charge in [0.15, 0.2) is 0 Å². The number of halogens is 1. The summed E-state index contributed by atoms with van der Waals surface area (Å²) in [6.45, 7) is 0. The Bertz CT molecular complexity index is 797. The maximum absolute atomic E-state index is 6.11. The molecule has 0 atom stereocenters. The molecule has 5 nitrogen and oxygen atoms in total. The number of aromatic nitrogens is 3. The van der Waals surface area contributed by atoms with Crippen molar-refractivity contribution in [3.05, 3.63) is 35.6 Å². The summed E-state index contributed by atoms with van der Waals surface area (Å²) < 4.78 is 7.33. The molecule has 1 aromatic carbocycles. The largest absolute Gasteiger partial charge is 0.496 e. The fraction of sp³-hybridized carbons (Fsp3) is 0.143. The van der Waals surface area contributed by atoms with Crippen molar-refractivity contribution < 1.29 is 4.74 Å². The SMILES string of the molecule is COc1cc(N)c(Cl)cc1-c1nc2ccncc2n1C. The predicted molar refractivity (Wildman–Crippen MR) is 79.9 cm³/mol. The van der Waals surface area contributed by atoms with Crippen LogP contribution in [0, 0.1) is 0 Å². The highest BCUT2D eigenvalue weighted by Crippen LogP contribution is 2.36. The van der Waals surface area contributed by atoms with E-state index in [4.69, 9.17) is 22.1 Å². The first-order valence-electron chi connectivity index (χ1n) is 6.01. The van der Waals surface area contributed by atoms with Gasteiger partial charge in [0.2, 0.25) is 0 Å². The van der Waals surface area contributed by atoms with Crippen molar-refractivity contribution in [1.82, 2.24) is 14.5 Å². The second-order valence-electron chi connectivity index (χ2n) is 4.43. The van der Waals surface area contributed by atoms with Gasteiger partial charge in [-0.1, -0.05) is 11.6 Å². The molecule has 0 aliphatic heterocycles. The highest BCUT2D eigenvalue weighted by Gasteiger charge is 2.16. The Morgan fingerprint density at radius 1 is 1.35 bits per heavy atom. The Hall–Kier alpha value is -2.27. The van der Waals surface area contributed by atoms with E-state index in [-0.39, 0.29) is 0 Å². The molecule has 0 unspecified atom stereocenters. The molecule has 0 fully saturated rings. The Labute approximate surface area is 121 Å². The molecule has 0 saturated heterocycles. The van der Waals surface area contributed by atoms with E-state index in [1.807, 2.05) is 17.7 Å². The molecule has 0 aliphatic carbocycles. The molecule has 0 saturated carbocycles. The summed E-state index contributed by atoms with van der Waals surface area (Å²) in [5, 5.41) is 0.478. The fourth-order valence-corrected chi connectivity index (χ4v) is 2.35. The Morgan fingerprint density at radius 3 is 2.85 bits per heavy atom. The zero-order valence-corrected chi connectivity index (χ0v) is 11.8. The molecule has 0 radical (unpaired) electrons. The Balaban J connectivity index is 2.30. The standard InChI is InChI=1S/C14H13ClN4O/c1-19-12-7-17-4-3-11(12)18-14(19)8-5-9(15)10(16)6-13(8)20-2/h3-7H,16H2,1-2H3. The van der Waals surface area contributed by atoms with E-state index in [9.17, 15) is 0 Å². The maximum Gasteiger partial charge on any atom is 0.144 e. The Morgan fingerprint density at radius 2 is 2.15 bits per heavy atom. The zero-order chi connectivity index (χ0) is 14.3. The number of hydrogen-bond acceptors (Lipinski definition) is 4. The maximum atomic E-state index is 6.11. The van der Waals surface area contributed by atoms with Gasteiger partial charge in [-0.25, -0.2) is 4.98 Å². The van der Waals surface area contributed by atoms with E-state index in [0.29, 0.717) is 16.5 Å². The number of aryl methyl sites for hydroxylation is 1. The average Bonchev–Trinajstić information content (AvgIpc) is 2.79. The zero-order valence-electron chi connectivity index (χ0n) is 11.1. The Kier molecular flexibility index (Phi) is 2.99. The highest BCUT2D eigenvalue weighted by molar-refractivity contribution is 6.33. The monoisotopic (exact) mass is 288 g/mol. The first kappa shape index (κ1) is 12.7. The fourth-order valence-electron chi connectivity index (χ4n) is 2.19. The molecule has 20 heavy (non-hydrogen) atoms. The summed E-state index contributed by atoms with van der Waals surface area (Å²) >= 11 is 6.11. The molecule has 2 N–H and O–H groups in total. The van der Waals surface area contributed by atoms with Gasteiger partial charge in [-0.15, -0.1) is 0 Å². The van der Waals surface area contributed by atoms with E-state index < -0.39 is 0 Å². The molecule has 0 spiro atoms. The molecule has 3 rings (SSSR count). The van der Waals surface area contributed by atoms with Gasteiger partial charge >= 0.3 is 0 Å². The number of nitrogens with zero attached hydrogens (tertiary/aromatic N) is 3. The van der Waals surface area contributed by atoms with Crippen molar-refractivity contribution in [3.8, 4) is 17.1 Å². The number of imidazole rings is 1. The summed E-state index contributed by atoms with van der Waals surface area (Å²) in [4.78, 5) is 8.72. The minimum absolute atomic E-state index is 0.478. The van der Waals surface area contributed by atoms with E-state index in [1.54, 1.807) is 31.6 Å². The van der Waals surface area contributed by atoms with Gasteiger partial charge in [0.05, 0.1) is 40.6 Å². The second-order valence-corrected chi connectivity index (χ2v) is 4.84. The third-order valence-electron chi connectivity index (χ3n) is 3.24. The van der Waals surface area contributed by atoms with Crippen LogP contribution in [-0.4, -0.2) is 21.6 Å². The lowest BCUT2D eigenvalue weighted by molar-refractivity contribution is 0.416. The average molecular weight is 289 g/mol. The molecular weight excluding hydrogens is 276 g/mol. The van der Waals surface area contributed by atoms with Gasteiger partial charge in [0.25, 0.3) is 0 Å². The molecular formula is C14H13ClN4O. The van der Waals surface area contributed by atoms with Crippen LogP contribution in [0.5, 0.6) is 5.75 Å². The molecule has 0 amide bonds. The van der Waals surface area contributed by atoms with Gasteiger partial charge < -0.3 is 15.0 Å². The van der Waals surface area contributed by atoms with Crippen molar-refractivity contribution in [1.29, 1.82) is 0 Å². The van der Waals surface area contributed by atoms with Crippen LogP contribution in [0.2, 0.25) is 5.02 Å². The molecule has 2 heterocycles. The molecule has 0 bridgehead atoms. The topological polar surface area (TPSA) is 66.0 Å². The van der Waals surface area contributed by atoms with Gasteiger partial charge in [-0.3, -0.25) is 4.98 Å². The summed E-state index contributed by atoms with van der Waals surface area (Å²) in [6, 6.07) is 5.34. The highest BCUT2D eigenvalue weighted by atomic mass is 35.5. The minimum Gasteiger partial charge on any atom is -0.496 e. The van der Waals surface area contributed by atoms with Crippen molar-refractivity contribution in [3.63, 3.8) is 0 Å². The van der Waals surface area contributed by atoms with Crippen LogP contribution in [-0.2, 0) is 7.05 Å². The lowest BCUT2D eigenvalue weighted by Gasteiger charge is -2.10. The number of hydrogen-bond donors (Lipinski definition) is 1. The number of nitrogen functional groups attached to an aromatic ring is 1. The first-order valence-corrected chi connectivity index (χ1v) is 6.39. The number of ether oxygens (including phenoxy) is 1. The quantitative estimate of drug-likeness (QED) is 0.736. The van der Waals surface area contributed by atoms with Crippen LogP contribution < -0.4 is 10.5 Å². The number of anilines is 1. The van der Waals surface area contributed by atoms with Crippen LogP contribution in [0.25, 0.3) is 22.4 Å². The molecule has 3 aromatic rings. The van der Waals surface area contributed by atoms with E-state index in [1.165, 1.54) is 0 Å². The van der Waals surface area contributed by atoms with Crippen LogP contribution in [0.3, 0.4) is 0 Å². The van der Waals surface area contributed by atoms with Crippen LogP contribution in [0.15, 0.2) is 30.6 Å². The van der Waals surface area contributed by atoms with Gasteiger partial charge in [0, 0.05) is 19.3 Å². The second kappa shape index (κ2) is 4.68. The number of nitrogens with two attached hydrogens (primary N) is 1. The van der Waals surface area contributed by atoms with Crippen molar-refractivity contribution in [2.75, 3.05) is 12.8 Å². The first-order chi connectivity index (χ1) is 9.61. The number of methoxy groups -OCH3 is 1. The third-order valence-corrected chi connectivity index (χ3v) is 3.57. The summed E-state index contributed by atoms with van der Waals surface area (Å²) in [7, 11) is 3.52. The lowest BCUT2D eigenvalue weighted by atomic mass is 10.1. The van der Waals surface area contributed by atoms with Crippen LogP contribution >= 0.6 is 11.6 Å². The summed E-state index contributed by atoms with van der Waals surface area (Å²) in [5.41, 5.74) is 8.89. The minimum atomic E-state index is 0.478. The van der Waals surface area contributed by atoms with E-state index in [0.717, 1.165) is 22.4 Å². The van der Waals surface area contributed by atoms with Crippen LogP contribution in [0.1, 0.15) is 0 Å². The molecule has 102 valence electrons. The van der Waals surface area contributed by atoms with Gasteiger partial charge in [-0.2, -0.15) is 0 Å². The summed E-state index contributed by atoms with van der Waals surface area (Å²) in [5.74, 6) is 1.39. The lowest BCUT2D eigenvalue weighted by Crippen LogP contribution is -1.97. The van der Waals surface area contributed by atoms with E-state index >= 15 is 0 Å². The third kappa shape index (κ3) is 1.87. The van der Waals surface area contributed by atoms with Gasteiger partial charge in [-0.05, 0) is 12.1 Å². The van der Waals surface area contributed by atoms with Gasteiger partial charge in [0.1, 0.15) is 11.6 Å². The number of fused-ring (bicyclic) bond motifs is 1. The smallest absolute Gasteiger partial charge is 0.144 e. The molecule has 6 heteroatoms. The number of pyridine rings is 1. The summed E-state index contributed by atoms with van der Waals surface area (Å²) in [6.07, 6.45) is 3.49. The van der Waals surface area contributed by atoms with Crippen molar-refractivity contribution in [2.45, 2.75) is 0 Å².